The molecule has 0 fully saturated rings. The zero-order chi connectivity index (χ0) is 18.4. The maximum Gasteiger partial charge on any atom is 0.290 e. The first-order chi connectivity index (χ1) is 13.2. The molecule has 0 aliphatic carbocycles. The van der Waals surface area contributed by atoms with Crippen molar-refractivity contribution in [3.8, 4) is 0 Å². The van der Waals surface area contributed by atoms with Crippen molar-refractivity contribution in [1.29, 1.82) is 0 Å². The fourth-order valence-corrected chi connectivity index (χ4v) is 4.48. The molecule has 0 atom stereocenters. The van der Waals surface area contributed by atoms with Crippen LogP contribution >= 0.6 is 10.9 Å². The van der Waals surface area contributed by atoms with Crippen molar-refractivity contribution in [1.82, 2.24) is 5.01 Å². The number of carbonyl (C=O) groups is 1. The summed E-state index contributed by atoms with van der Waals surface area (Å²) >= 11 is 0. The van der Waals surface area contributed by atoms with Crippen LogP contribution in [0.3, 0.4) is 0 Å². The fourth-order valence-electron chi connectivity index (χ4n) is 3.36. The molecule has 2 aliphatic rings. The predicted molar refractivity (Wildman–Crippen MR) is 112 cm³/mol. The van der Waals surface area contributed by atoms with Gasteiger partial charge in [-0.25, -0.2) is 0 Å². The highest BCUT2D eigenvalue weighted by atomic mass is 32.1. The second-order valence-corrected chi connectivity index (χ2v) is 7.58. The number of carbonyl (C=O) groups excluding carboxylic acids is 1. The first-order valence-electron chi connectivity index (χ1n) is 8.79. The number of aryl methyl sites for hydroxylation is 1. The van der Waals surface area contributed by atoms with Crippen molar-refractivity contribution in [2.24, 2.45) is 5.10 Å². The fraction of sp³-hybridized carbons (Fsp3) is 0.0435. The van der Waals surface area contributed by atoms with Gasteiger partial charge in [0, 0.05) is 16.7 Å². The molecule has 0 N–H and O–H groups in total. The molecule has 0 bridgehead atoms. The first kappa shape index (κ1) is 16.0. The lowest BCUT2D eigenvalue weighted by Crippen LogP contribution is -2.37. The molecule has 1 amide bonds. The van der Waals surface area contributed by atoms with Crippen LogP contribution in [0.2, 0.25) is 0 Å². The summed E-state index contributed by atoms with van der Waals surface area (Å²) in [5.74, 6) is -0.0692. The van der Waals surface area contributed by atoms with E-state index in [4.69, 9.17) is 5.10 Å². The number of nitrogens with zero attached hydrogens (tertiary/aromatic N) is 2. The third kappa shape index (κ3) is 2.57. The standard InChI is InChI=1S/C23H16N2OS/c1-15-11-13-16(14-12-15)20-18-9-5-6-10-19(18)23-25(24-20)22(26)21(27-23)17-7-3-2-4-8-17/h2-14H,1H3. The van der Waals surface area contributed by atoms with Gasteiger partial charge in [-0.05, 0) is 12.5 Å². The molecule has 0 unspecified atom stereocenters. The number of fused-ring (bicyclic) bond motifs is 3. The highest BCUT2D eigenvalue weighted by molar-refractivity contribution is 8.00. The molecule has 0 radical (unpaired) electrons. The van der Waals surface area contributed by atoms with Crippen LogP contribution in [0, 0.1) is 6.92 Å². The van der Waals surface area contributed by atoms with Gasteiger partial charge in [-0.15, -0.1) is 10.9 Å². The second-order valence-electron chi connectivity index (χ2n) is 6.58. The van der Waals surface area contributed by atoms with E-state index in [1.807, 2.05) is 42.5 Å². The Kier molecular flexibility index (Phi) is 3.66. The van der Waals surface area contributed by atoms with Crippen molar-refractivity contribution in [3.63, 3.8) is 0 Å². The smallest absolute Gasteiger partial charge is 0.266 e. The Bertz CT molecular complexity index is 1170. The van der Waals surface area contributed by atoms with Gasteiger partial charge in [0.05, 0.1) is 5.71 Å². The van der Waals surface area contributed by atoms with Crippen LogP contribution in [0.1, 0.15) is 27.8 Å². The number of hydrazone groups is 1. The first-order valence-corrected chi connectivity index (χ1v) is 9.61. The largest absolute Gasteiger partial charge is 0.290 e. The molecule has 130 valence electrons. The maximum absolute atomic E-state index is 13.1. The molecule has 3 aromatic carbocycles. The van der Waals surface area contributed by atoms with Gasteiger partial charge >= 0.3 is 0 Å². The number of rotatable bonds is 2. The molecule has 2 heterocycles. The quantitative estimate of drug-likeness (QED) is 0.629. The van der Waals surface area contributed by atoms with E-state index in [2.05, 4.69) is 43.3 Å². The van der Waals surface area contributed by atoms with Gasteiger partial charge in [-0.3, -0.25) is 4.79 Å². The van der Waals surface area contributed by atoms with Gasteiger partial charge in [0.2, 0.25) is 0 Å². The van der Waals surface area contributed by atoms with E-state index in [0.717, 1.165) is 33.0 Å². The molecule has 3 nitrogen and oxygen atoms in total. The average molecular weight is 368 g/mol. The van der Waals surface area contributed by atoms with Crippen molar-refractivity contribution in [2.75, 3.05) is 0 Å². The zero-order valence-electron chi connectivity index (χ0n) is 14.7. The average Bonchev–Trinajstić information content (AvgIpc) is 3.06. The van der Waals surface area contributed by atoms with Gasteiger partial charge in [-0.1, -0.05) is 84.4 Å². The van der Waals surface area contributed by atoms with Crippen LogP contribution in [0.25, 0.3) is 0 Å². The Balaban J connectivity index is 1.71. The minimum absolute atomic E-state index is 0.0692. The monoisotopic (exact) mass is 368 g/mol. The Morgan fingerprint density at radius 1 is 0.778 bits per heavy atom. The number of amides is 1. The highest BCUT2D eigenvalue weighted by Crippen LogP contribution is 2.28. The summed E-state index contributed by atoms with van der Waals surface area (Å²) in [4.78, 5) is 14.7. The molecule has 5 rings (SSSR count). The Morgan fingerprint density at radius 3 is 2.19 bits per heavy atom. The van der Waals surface area contributed by atoms with Crippen LogP contribution in [0.5, 0.6) is 0 Å². The minimum Gasteiger partial charge on any atom is -0.266 e. The molecule has 3 aromatic rings. The van der Waals surface area contributed by atoms with Crippen molar-refractivity contribution < 1.29 is 4.79 Å². The molecule has 4 heteroatoms. The van der Waals surface area contributed by atoms with Gasteiger partial charge in [-0.2, -0.15) is 10.1 Å². The van der Waals surface area contributed by atoms with E-state index >= 15 is 0 Å². The normalized spacial score (nSPS) is 15.2. The van der Waals surface area contributed by atoms with Gasteiger partial charge in [0.1, 0.15) is 9.85 Å². The molecule has 0 saturated heterocycles. The van der Waals surface area contributed by atoms with Crippen LogP contribution < -0.4 is 0 Å². The summed E-state index contributed by atoms with van der Waals surface area (Å²) in [6, 6.07) is 26.2. The van der Waals surface area contributed by atoms with Gasteiger partial charge in [0.25, 0.3) is 5.91 Å². The topological polar surface area (TPSA) is 32.7 Å². The van der Waals surface area contributed by atoms with Crippen LogP contribution in [-0.4, -0.2) is 26.5 Å². The molecule has 2 aliphatic heterocycles. The summed E-state index contributed by atoms with van der Waals surface area (Å²) in [6.45, 7) is 2.06. The Hall–Kier alpha value is -3.24. The number of hydrogen-bond acceptors (Lipinski definition) is 2. The molecular weight excluding hydrogens is 352 g/mol. The van der Waals surface area contributed by atoms with Gasteiger partial charge in [0.15, 0.2) is 0 Å². The van der Waals surface area contributed by atoms with Crippen molar-refractivity contribution >= 4 is 32.4 Å². The van der Waals surface area contributed by atoms with E-state index in [1.165, 1.54) is 16.5 Å². The van der Waals surface area contributed by atoms with Crippen LogP contribution in [0.15, 0.2) is 84.0 Å². The number of hydrogen-bond donors (Lipinski definition) is 0. The zero-order valence-corrected chi connectivity index (χ0v) is 15.5. The van der Waals surface area contributed by atoms with Crippen LogP contribution in [-0.2, 0) is 4.79 Å². The number of benzene rings is 3. The summed E-state index contributed by atoms with van der Waals surface area (Å²) in [7, 11) is 1.50. The van der Waals surface area contributed by atoms with E-state index in [9.17, 15) is 4.79 Å². The molecule has 27 heavy (non-hydrogen) atoms. The van der Waals surface area contributed by atoms with Crippen molar-refractivity contribution in [3.05, 3.63) is 107 Å². The highest BCUT2D eigenvalue weighted by Gasteiger charge is 2.35. The summed E-state index contributed by atoms with van der Waals surface area (Å²) in [5, 5.41) is 6.32. The Labute approximate surface area is 161 Å². The minimum atomic E-state index is -0.0692. The third-order valence-electron chi connectivity index (χ3n) is 4.75. The molecule has 0 saturated carbocycles. The lowest BCUT2D eigenvalue weighted by atomic mass is 9.95. The lowest BCUT2D eigenvalue weighted by Gasteiger charge is -2.24. The van der Waals surface area contributed by atoms with Gasteiger partial charge < -0.3 is 0 Å². The molecule has 0 aromatic heterocycles. The van der Waals surface area contributed by atoms with E-state index in [0.29, 0.717) is 4.86 Å². The maximum atomic E-state index is 13.1. The van der Waals surface area contributed by atoms with E-state index in [1.54, 1.807) is 5.01 Å². The third-order valence-corrected chi connectivity index (χ3v) is 5.95. The van der Waals surface area contributed by atoms with E-state index < -0.39 is 0 Å². The summed E-state index contributed by atoms with van der Waals surface area (Å²) < 4.78 is 0. The van der Waals surface area contributed by atoms with Crippen molar-refractivity contribution in [2.45, 2.75) is 6.92 Å². The Morgan fingerprint density at radius 2 is 1.44 bits per heavy atom. The SMILES string of the molecule is Cc1ccc(C2=NN3C(=O)C(c4ccccc4)=S=C3c3ccccc32)cc1. The second kappa shape index (κ2) is 6.18. The summed E-state index contributed by atoms with van der Waals surface area (Å²) in [5.41, 5.74) is 6.08. The van der Waals surface area contributed by atoms with E-state index in [-0.39, 0.29) is 5.91 Å². The summed E-state index contributed by atoms with van der Waals surface area (Å²) in [6.07, 6.45) is 0. The van der Waals surface area contributed by atoms with Crippen LogP contribution in [0.4, 0.5) is 0 Å². The molecule has 0 spiro atoms. The lowest BCUT2D eigenvalue weighted by molar-refractivity contribution is -0.120. The molecular formula is C23H16N2OS. The predicted octanol–water partition coefficient (Wildman–Crippen LogP) is 4.04.